The Morgan fingerprint density at radius 1 is 1.55 bits per heavy atom. The van der Waals surface area contributed by atoms with Crippen LogP contribution in [0.1, 0.15) is 0 Å². The lowest BCUT2D eigenvalue weighted by molar-refractivity contribution is 0.397. The highest BCUT2D eigenvalue weighted by molar-refractivity contribution is 9.10. The highest BCUT2D eigenvalue weighted by Gasteiger charge is 1.99. The Labute approximate surface area is 73.9 Å². The topological polar surface area (TPSA) is 34.1 Å². The zero-order valence-corrected chi connectivity index (χ0v) is 7.97. The fraction of sp³-hybridized carbons (Fsp3) is 0.286. The average Bonchev–Trinajstić information content (AvgIpc) is 2.04. The van der Waals surface area contributed by atoms with E-state index in [-0.39, 0.29) is 0 Å². The van der Waals surface area contributed by atoms with Crippen LogP contribution >= 0.6 is 15.9 Å². The first kappa shape index (κ1) is 8.33. The molecule has 60 valence electrons. The summed E-state index contributed by atoms with van der Waals surface area (Å²) in [5, 5.41) is 2.98. The van der Waals surface area contributed by atoms with E-state index in [0.29, 0.717) is 5.88 Å². The maximum Gasteiger partial charge on any atom is 0.214 e. The molecule has 0 aliphatic heterocycles. The van der Waals surface area contributed by atoms with Gasteiger partial charge in [0.2, 0.25) is 5.88 Å². The van der Waals surface area contributed by atoms with Crippen LogP contribution in [-0.2, 0) is 0 Å². The summed E-state index contributed by atoms with van der Waals surface area (Å²) in [4.78, 5) is 4.09. The monoisotopic (exact) mass is 216 g/mol. The van der Waals surface area contributed by atoms with Gasteiger partial charge in [0.1, 0.15) is 4.60 Å². The molecule has 0 saturated carbocycles. The van der Waals surface area contributed by atoms with Crippen LogP contribution in [0.3, 0.4) is 0 Å². The van der Waals surface area contributed by atoms with Gasteiger partial charge in [0, 0.05) is 13.1 Å². The molecule has 1 rings (SSSR count). The second-order valence-electron chi connectivity index (χ2n) is 1.94. The molecule has 0 amide bonds. The Morgan fingerprint density at radius 2 is 2.27 bits per heavy atom. The summed E-state index contributed by atoms with van der Waals surface area (Å²) >= 11 is 3.29. The molecular formula is C7H9BrN2O. The number of ether oxygens (including phenoxy) is 1. The smallest absolute Gasteiger partial charge is 0.214 e. The first-order valence-corrected chi connectivity index (χ1v) is 3.95. The van der Waals surface area contributed by atoms with Crippen molar-refractivity contribution < 1.29 is 4.74 Å². The second kappa shape index (κ2) is 3.57. The Morgan fingerprint density at radius 3 is 2.73 bits per heavy atom. The highest BCUT2D eigenvalue weighted by atomic mass is 79.9. The zero-order chi connectivity index (χ0) is 8.27. The van der Waals surface area contributed by atoms with E-state index in [4.69, 9.17) is 4.74 Å². The molecule has 3 nitrogen and oxygen atoms in total. The van der Waals surface area contributed by atoms with Crippen molar-refractivity contribution in [1.82, 2.24) is 4.98 Å². The van der Waals surface area contributed by atoms with E-state index in [1.54, 1.807) is 13.2 Å². The predicted molar refractivity (Wildman–Crippen MR) is 48.0 cm³/mol. The van der Waals surface area contributed by atoms with Gasteiger partial charge >= 0.3 is 0 Å². The van der Waals surface area contributed by atoms with Crippen LogP contribution in [0.4, 0.5) is 5.69 Å². The molecular weight excluding hydrogens is 208 g/mol. The molecule has 0 atom stereocenters. The lowest BCUT2D eigenvalue weighted by atomic mass is 10.4. The molecule has 0 unspecified atom stereocenters. The molecule has 0 aliphatic carbocycles. The summed E-state index contributed by atoms with van der Waals surface area (Å²) in [6.07, 6.45) is 0. The summed E-state index contributed by atoms with van der Waals surface area (Å²) in [5.74, 6) is 0.607. The fourth-order valence-corrected chi connectivity index (χ4v) is 1.22. The van der Waals surface area contributed by atoms with Crippen LogP contribution in [0.2, 0.25) is 0 Å². The third-order valence-corrected chi connectivity index (χ3v) is 1.91. The van der Waals surface area contributed by atoms with Gasteiger partial charge in [0.15, 0.2) is 0 Å². The molecule has 0 saturated heterocycles. The molecule has 1 N–H and O–H groups in total. The van der Waals surface area contributed by atoms with Crippen LogP contribution in [0.5, 0.6) is 5.88 Å². The number of nitrogens with zero attached hydrogens (tertiary/aromatic N) is 1. The van der Waals surface area contributed by atoms with Crippen LogP contribution in [0.25, 0.3) is 0 Å². The number of methoxy groups -OCH3 is 1. The minimum absolute atomic E-state index is 0.607. The lowest BCUT2D eigenvalue weighted by Crippen LogP contribution is -1.93. The van der Waals surface area contributed by atoms with Crippen molar-refractivity contribution in [3.05, 3.63) is 16.7 Å². The molecule has 1 heterocycles. The quantitative estimate of drug-likeness (QED) is 0.768. The first-order chi connectivity index (χ1) is 5.27. The van der Waals surface area contributed by atoms with Gasteiger partial charge in [-0.25, -0.2) is 4.98 Å². The molecule has 0 radical (unpaired) electrons. The van der Waals surface area contributed by atoms with Gasteiger partial charge in [-0.3, -0.25) is 0 Å². The second-order valence-corrected chi connectivity index (χ2v) is 2.69. The summed E-state index contributed by atoms with van der Waals surface area (Å²) in [7, 11) is 3.43. The van der Waals surface area contributed by atoms with Crippen molar-refractivity contribution in [2.24, 2.45) is 0 Å². The van der Waals surface area contributed by atoms with Crippen LogP contribution in [0.15, 0.2) is 16.7 Å². The maximum absolute atomic E-state index is 4.93. The maximum atomic E-state index is 4.93. The van der Waals surface area contributed by atoms with E-state index < -0.39 is 0 Å². The molecule has 0 aliphatic rings. The van der Waals surface area contributed by atoms with Gasteiger partial charge in [-0.05, 0) is 22.0 Å². The van der Waals surface area contributed by atoms with E-state index in [0.717, 1.165) is 10.3 Å². The Balaban J connectivity index is 2.99. The van der Waals surface area contributed by atoms with E-state index in [2.05, 4.69) is 26.2 Å². The van der Waals surface area contributed by atoms with Crippen LogP contribution in [0, 0.1) is 0 Å². The van der Waals surface area contributed by atoms with Crippen molar-refractivity contribution in [2.75, 3.05) is 19.5 Å². The van der Waals surface area contributed by atoms with Crippen molar-refractivity contribution in [2.45, 2.75) is 0 Å². The lowest BCUT2D eigenvalue weighted by Gasteiger charge is -2.03. The molecule has 11 heavy (non-hydrogen) atoms. The largest absolute Gasteiger partial charge is 0.481 e. The van der Waals surface area contributed by atoms with Gasteiger partial charge < -0.3 is 10.1 Å². The van der Waals surface area contributed by atoms with Gasteiger partial charge in [0.05, 0.1) is 12.8 Å². The van der Waals surface area contributed by atoms with Crippen LogP contribution in [-0.4, -0.2) is 19.1 Å². The normalized spacial score (nSPS) is 9.36. The third-order valence-electron chi connectivity index (χ3n) is 1.30. The van der Waals surface area contributed by atoms with Crippen molar-refractivity contribution in [3.63, 3.8) is 0 Å². The standard InChI is InChI=1S/C7H9BrN2O/c1-9-5-3-4-6(11-2)10-7(5)8/h3-4,9H,1-2H3. The number of hydrogen-bond acceptors (Lipinski definition) is 3. The molecule has 0 spiro atoms. The molecule has 0 fully saturated rings. The third kappa shape index (κ3) is 1.83. The van der Waals surface area contributed by atoms with E-state index in [1.807, 2.05) is 13.1 Å². The van der Waals surface area contributed by atoms with E-state index in [9.17, 15) is 0 Å². The zero-order valence-electron chi connectivity index (χ0n) is 6.39. The number of rotatable bonds is 2. The molecule has 0 bridgehead atoms. The number of hydrogen-bond donors (Lipinski definition) is 1. The van der Waals surface area contributed by atoms with Gasteiger partial charge in [0.25, 0.3) is 0 Å². The minimum Gasteiger partial charge on any atom is -0.481 e. The molecule has 0 aromatic carbocycles. The fourth-order valence-electron chi connectivity index (χ4n) is 0.718. The van der Waals surface area contributed by atoms with E-state index >= 15 is 0 Å². The molecule has 1 aromatic rings. The number of halogens is 1. The van der Waals surface area contributed by atoms with Crippen molar-refractivity contribution in [1.29, 1.82) is 0 Å². The number of anilines is 1. The van der Waals surface area contributed by atoms with Crippen LogP contribution < -0.4 is 10.1 Å². The summed E-state index contributed by atoms with van der Waals surface area (Å²) < 4.78 is 5.69. The Hall–Kier alpha value is -0.770. The summed E-state index contributed by atoms with van der Waals surface area (Å²) in [6, 6.07) is 3.70. The number of aromatic nitrogens is 1. The Kier molecular flexibility index (Phi) is 2.70. The number of nitrogens with one attached hydrogen (secondary N) is 1. The predicted octanol–water partition coefficient (Wildman–Crippen LogP) is 1.89. The molecule has 1 aromatic heterocycles. The van der Waals surface area contributed by atoms with Gasteiger partial charge in [-0.2, -0.15) is 0 Å². The SMILES string of the molecule is CNc1ccc(OC)nc1Br. The highest BCUT2D eigenvalue weighted by Crippen LogP contribution is 2.21. The Bertz CT molecular complexity index is 252. The molecule has 4 heteroatoms. The average molecular weight is 217 g/mol. The van der Waals surface area contributed by atoms with Crippen molar-refractivity contribution >= 4 is 21.6 Å². The van der Waals surface area contributed by atoms with E-state index in [1.165, 1.54) is 0 Å². The number of pyridine rings is 1. The summed E-state index contributed by atoms with van der Waals surface area (Å²) in [6.45, 7) is 0. The van der Waals surface area contributed by atoms with Crippen molar-refractivity contribution in [3.8, 4) is 5.88 Å². The minimum atomic E-state index is 0.607. The van der Waals surface area contributed by atoms with Gasteiger partial charge in [-0.15, -0.1) is 0 Å². The van der Waals surface area contributed by atoms with Gasteiger partial charge in [-0.1, -0.05) is 0 Å². The summed E-state index contributed by atoms with van der Waals surface area (Å²) in [5.41, 5.74) is 0.950. The first-order valence-electron chi connectivity index (χ1n) is 3.16.